The molecule has 2 amide bonds. The molecule has 2 aromatic rings. The lowest BCUT2D eigenvalue weighted by atomic mass is 9.94. The minimum atomic E-state index is -0.726. The third-order valence-corrected chi connectivity index (χ3v) is 6.52. The number of halogens is 2. The minimum Gasteiger partial charge on any atom is -0.351 e. The highest BCUT2D eigenvalue weighted by Crippen LogP contribution is 2.26. The molecule has 0 bridgehead atoms. The summed E-state index contributed by atoms with van der Waals surface area (Å²) >= 11 is 12.3. The van der Waals surface area contributed by atoms with E-state index in [1.54, 1.807) is 4.90 Å². The normalized spacial score (nSPS) is 15.3. The number of alkyl halides is 1. The number of amides is 2. The van der Waals surface area contributed by atoms with Crippen LogP contribution in [-0.2, 0) is 16.0 Å². The van der Waals surface area contributed by atoms with Crippen molar-refractivity contribution in [1.29, 1.82) is 0 Å². The monoisotopic (exact) mass is 460 g/mol. The van der Waals surface area contributed by atoms with Crippen LogP contribution in [0.15, 0.2) is 48.5 Å². The van der Waals surface area contributed by atoms with Crippen LogP contribution in [0.3, 0.4) is 0 Å². The standard InChI is InChI=1S/C25H30Cl2N2O2/c1-18-11-13-20(14-12-18)24(25(31)28-21-8-3-2-4-9-21)29(23(30)17-26)16-15-19-7-5-6-10-22(19)27/h5-7,10-14,21,24H,2-4,8-9,15-17H2,1H3,(H,28,31). The van der Waals surface area contributed by atoms with Crippen LogP contribution in [0.1, 0.15) is 54.8 Å². The predicted molar refractivity (Wildman–Crippen MR) is 127 cm³/mol. The second-order valence-electron chi connectivity index (χ2n) is 8.22. The van der Waals surface area contributed by atoms with E-state index in [0.29, 0.717) is 18.0 Å². The van der Waals surface area contributed by atoms with Crippen LogP contribution in [0.2, 0.25) is 5.02 Å². The lowest BCUT2D eigenvalue weighted by molar-refractivity contribution is -0.139. The van der Waals surface area contributed by atoms with E-state index in [9.17, 15) is 9.59 Å². The van der Waals surface area contributed by atoms with E-state index in [2.05, 4.69) is 5.32 Å². The molecule has 1 aliphatic rings. The number of carbonyl (C=O) groups excluding carboxylic acids is 2. The van der Waals surface area contributed by atoms with E-state index < -0.39 is 6.04 Å². The van der Waals surface area contributed by atoms with Crippen molar-refractivity contribution in [1.82, 2.24) is 10.2 Å². The summed E-state index contributed by atoms with van der Waals surface area (Å²) in [6, 6.07) is 14.8. The lowest BCUT2D eigenvalue weighted by Gasteiger charge is -2.33. The first-order chi connectivity index (χ1) is 15.0. The number of nitrogens with zero attached hydrogens (tertiary/aromatic N) is 1. The fourth-order valence-corrected chi connectivity index (χ4v) is 4.55. The van der Waals surface area contributed by atoms with E-state index in [0.717, 1.165) is 42.4 Å². The first kappa shape index (κ1) is 23.6. The van der Waals surface area contributed by atoms with Gasteiger partial charge < -0.3 is 10.2 Å². The van der Waals surface area contributed by atoms with E-state index in [1.807, 2.05) is 55.5 Å². The van der Waals surface area contributed by atoms with Crippen LogP contribution < -0.4 is 5.32 Å². The largest absolute Gasteiger partial charge is 0.351 e. The van der Waals surface area contributed by atoms with Crippen molar-refractivity contribution in [3.8, 4) is 0 Å². The second kappa shape index (κ2) is 11.5. The average Bonchev–Trinajstić information content (AvgIpc) is 2.78. The minimum absolute atomic E-state index is 0.145. The molecule has 3 rings (SSSR count). The van der Waals surface area contributed by atoms with Gasteiger partial charge in [-0.25, -0.2) is 0 Å². The van der Waals surface area contributed by atoms with E-state index in [-0.39, 0.29) is 23.7 Å². The molecule has 0 saturated heterocycles. The third-order valence-electron chi connectivity index (χ3n) is 5.92. The molecule has 1 aliphatic carbocycles. The van der Waals surface area contributed by atoms with Crippen molar-refractivity contribution < 1.29 is 9.59 Å². The fraction of sp³-hybridized carbons (Fsp3) is 0.440. The summed E-state index contributed by atoms with van der Waals surface area (Å²) in [4.78, 5) is 27.9. The van der Waals surface area contributed by atoms with Gasteiger partial charge in [-0.15, -0.1) is 11.6 Å². The Labute approximate surface area is 194 Å². The average molecular weight is 461 g/mol. The summed E-state index contributed by atoms with van der Waals surface area (Å²) in [6.07, 6.45) is 5.96. The third kappa shape index (κ3) is 6.47. The Balaban J connectivity index is 1.88. The van der Waals surface area contributed by atoms with E-state index in [4.69, 9.17) is 23.2 Å². The van der Waals surface area contributed by atoms with Gasteiger partial charge >= 0.3 is 0 Å². The maximum absolute atomic E-state index is 13.5. The summed E-state index contributed by atoms with van der Waals surface area (Å²) < 4.78 is 0. The lowest BCUT2D eigenvalue weighted by Crippen LogP contribution is -2.48. The molecule has 2 aromatic carbocycles. The number of benzene rings is 2. The van der Waals surface area contributed by atoms with Gasteiger partial charge in [0.1, 0.15) is 11.9 Å². The quantitative estimate of drug-likeness (QED) is 0.532. The molecule has 1 fully saturated rings. The molecule has 0 aliphatic heterocycles. The zero-order chi connectivity index (χ0) is 22.2. The van der Waals surface area contributed by atoms with Crippen LogP contribution in [0.4, 0.5) is 0 Å². The molecule has 31 heavy (non-hydrogen) atoms. The Bertz CT molecular complexity index is 879. The Morgan fingerprint density at radius 1 is 1.06 bits per heavy atom. The molecular weight excluding hydrogens is 431 g/mol. The molecule has 0 spiro atoms. The first-order valence-corrected chi connectivity index (χ1v) is 11.9. The number of hydrogen-bond acceptors (Lipinski definition) is 2. The van der Waals surface area contributed by atoms with Gasteiger partial charge in [-0.3, -0.25) is 9.59 Å². The van der Waals surface area contributed by atoms with Crippen LogP contribution >= 0.6 is 23.2 Å². The highest BCUT2D eigenvalue weighted by Gasteiger charge is 2.32. The maximum Gasteiger partial charge on any atom is 0.247 e. The number of aryl methyl sites for hydroxylation is 1. The molecule has 0 aromatic heterocycles. The van der Waals surface area contributed by atoms with Crippen LogP contribution in [0, 0.1) is 6.92 Å². The number of rotatable bonds is 8. The van der Waals surface area contributed by atoms with E-state index >= 15 is 0 Å². The van der Waals surface area contributed by atoms with Crippen molar-refractivity contribution in [2.24, 2.45) is 0 Å². The molecule has 4 nitrogen and oxygen atoms in total. The van der Waals surface area contributed by atoms with Gasteiger partial charge in [-0.2, -0.15) is 0 Å². The Morgan fingerprint density at radius 3 is 2.39 bits per heavy atom. The molecular formula is C25H30Cl2N2O2. The zero-order valence-corrected chi connectivity index (χ0v) is 19.5. The number of nitrogens with one attached hydrogen (secondary N) is 1. The SMILES string of the molecule is Cc1ccc(C(C(=O)NC2CCCCC2)N(CCc2ccccc2Cl)C(=O)CCl)cc1. The predicted octanol–water partition coefficient (Wildman–Crippen LogP) is 5.45. The first-order valence-electron chi connectivity index (χ1n) is 11.0. The molecule has 166 valence electrons. The van der Waals surface area contributed by atoms with Crippen molar-refractivity contribution in [2.75, 3.05) is 12.4 Å². The van der Waals surface area contributed by atoms with Crippen molar-refractivity contribution >= 4 is 35.0 Å². The Morgan fingerprint density at radius 2 is 1.74 bits per heavy atom. The summed E-state index contributed by atoms with van der Waals surface area (Å²) in [7, 11) is 0. The summed E-state index contributed by atoms with van der Waals surface area (Å²) in [5, 5.41) is 3.85. The van der Waals surface area contributed by atoms with E-state index in [1.165, 1.54) is 6.42 Å². The topological polar surface area (TPSA) is 49.4 Å². The van der Waals surface area contributed by atoms with Crippen molar-refractivity contribution in [3.05, 3.63) is 70.2 Å². The van der Waals surface area contributed by atoms with Crippen LogP contribution in [-0.4, -0.2) is 35.2 Å². The van der Waals surface area contributed by atoms with Crippen LogP contribution in [0.25, 0.3) is 0 Å². The number of carbonyl (C=O) groups is 2. The Kier molecular flexibility index (Phi) is 8.79. The van der Waals surface area contributed by atoms with Gasteiger partial charge in [-0.05, 0) is 43.4 Å². The molecule has 0 radical (unpaired) electrons. The number of hydrogen-bond donors (Lipinski definition) is 1. The molecule has 1 atom stereocenters. The van der Waals surface area contributed by atoms with Crippen molar-refractivity contribution in [3.63, 3.8) is 0 Å². The van der Waals surface area contributed by atoms with Gasteiger partial charge in [0, 0.05) is 17.6 Å². The van der Waals surface area contributed by atoms with Gasteiger partial charge in [0.15, 0.2) is 0 Å². The molecule has 1 unspecified atom stereocenters. The highest BCUT2D eigenvalue weighted by molar-refractivity contribution is 6.31. The second-order valence-corrected chi connectivity index (χ2v) is 8.89. The molecule has 1 saturated carbocycles. The van der Waals surface area contributed by atoms with Crippen LogP contribution in [0.5, 0.6) is 0 Å². The molecule has 1 N–H and O–H groups in total. The van der Waals surface area contributed by atoms with Crippen molar-refractivity contribution in [2.45, 2.75) is 57.5 Å². The fourth-order valence-electron chi connectivity index (χ4n) is 4.17. The molecule has 6 heteroatoms. The Hall–Kier alpha value is -2.04. The molecule has 0 heterocycles. The van der Waals surface area contributed by atoms with Gasteiger partial charge in [-0.1, -0.05) is 78.9 Å². The zero-order valence-electron chi connectivity index (χ0n) is 17.9. The highest BCUT2D eigenvalue weighted by atomic mass is 35.5. The van der Waals surface area contributed by atoms with Gasteiger partial charge in [0.05, 0.1) is 0 Å². The maximum atomic E-state index is 13.5. The van der Waals surface area contributed by atoms with Gasteiger partial charge in [0.2, 0.25) is 11.8 Å². The smallest absolute Gasteiger partial charge is 0.247 e. The summed E-state index contributed by atoms with van der Waals surface area (Å²) in [6.45, 7) is 2.35. The summed E-state index contributed by atoms with van der Waals surface area (Å²) in [5.41, 5.74) is 2.82. The van der Waals surface area contributed by atoms with Gasteiger partial charge in [0.25, 0.3) is 0 Å². The summed E-state index contributed by atoms with van der Waals surface area (Å²) in [5.74, 6) is -0.590.